The molecule has 0 bridgehead atoms. The van der Waals surface area contributed by atoms with E-state index in [9.17, 15) is 0 Å². The van der Waals surface area contributed by atoms with E-state index in [2.05, 4.69) is 37.3 Å². The SMILES string of the molecule is CCNc1nccc(Sc2ccccc2Br)n1. The van der Waals surface area contributed by atoms with Crippen LogP contribution in [0, 0.1) is 0 Å². The highest BCUT2D eigenvalue weighted by molar-refractivity contribution is 9.10. The molecule has 0 saturated heterocycles. The number of anilines is 1. The minimum Gasteiger partial charge on any atom is -0.354 e. The number of hydrogen-bond acceptors (Lipinski definition) is 4. The first-order valence-corrected chi connectivity index (χ1v) is 6.90. The van der Waals surface area contributed by atoms with Crippen LogP contribution in [0.15, 0.2) is 50.9 Å². The summed E-state index contributed by atoms with van der Waals surface area (Å²) in [4.78, 5) is 9.71. The second-order valence-electron chi connectivity index (χ2n) is 3.28. The van der Waals surface area contributed by atoms with E-state index >= 15 is 0 Å². The lowest BCUT2D eigenvalue weighted by atomic mass is 10.4. The van der Waals surface area contributed by atoms with Gasteiger partial charge in [0.05, 0.1) is 0 Å². The minimum absolute atomic E-state index is 0.671. The van der Waals surface area contributed by atoms with Crippen LogP contribution in [0.2, 0.25) is 0 Å². The highest BCUT2D eigenvalue weighted by Gasteiger charge is 2.03. The van der Waals surface area contributed by atoms with Crippen molar-refractivity contribution in [2.45, 2.75) is 16.8 Å². The molecule has 88 valence electrons. The smallest absolute Gasteiger partial charge is 0.223 e. The number of nitrogens with one attached hydrogen (secondary N) is 1. The molecule has 0 amide bonds. The highest BCUT2D eigenvalue weighted by Crippen LogP contribution is 2.32. The molecule has 1 aromatic heterocycles. The third kappa shape index (κ3) is 3.44. The Balaban J connectivity index is 2.18. The van der Waals surface area contributed by atoms with E-state index < -0.39 is 0 Å². The van der Waals surface area contributed by atoms with Crippen molar-refractivity contribution in [1.82, 2.24) is 9.97 Å². The van der Waals surface area contributed by atoms with Crippen molar-refractivity contribution in [2.24, 2.45) is 0 Å². The van der Waals surface area contributed by atoms with Gasteiger partial charge in [0.1, 0.15) is 5.03 Å². The summed E-state index contributed by atoms with van der Waals surface area (Å²) in [5.41, 5.74) is 0. The Bertz CT molecular complexity index is 505. The van der Waals surface area contributed by atoms with Gasteiger partial charge in [-0.15, -0.1) is 0 Å². The monoisotopic (exact) mass is 309 g/mol. The lowest BCUT2D eigenvalue weighted by Crippen LogP contribution is -2.01. The summed E-state index contributed by atoms with van der Waals surface area (Å²) in [7, 11) is 0. The molecule has 0 radical (unpaired) electrons. The molecule has 17 heavy (non-hydrogen) atoms. The molecule has 1 heterocycles. The predicted molar refractivity (Wildman–Crippen MR) is 74.5 cm³/mol. The molecule has 1 N–H and O–H groups in total. The predicted octanol–water partition coefficient (Wildman–Crippen LogP) is 3.82. The zero-order valence-corrected chi connectivity index (χ0v) is 11.8. The maximum absolute atomic E-state index is 4.42. The number of benzene rings is 1. The first kappa shape index (κ1) is 12.4. The Morgan fingerprint density at radius 3 is 2.88 bits per heavy atom. The summed E-state index contributed by atoms with van der Waals surface area (Å²) in [6.45, 7) is 2.85. The fourth-order valence-electron chi connectivity index (χ4n) is 1.28. The fraction of sp³-hybridized carbons (Fsp3) is 0.167. The van der Waals surface area contributed by atoms with Gasteiger partial charge in [-0.3, -0.25) is 0 Å². The molecule has 3 nitrogen and oxygen atoms in total. The molecule has 0 atom stereocenters. The van der Waals surface area contributed by atoms with Crippen LogP contribution in [0.5, 0.6) is 0 Å². The van der Waals surface area contributed by atoms with Gasteiger partial charge >= 0.3 is 0 Å². The lowest BCUT2D eigenvalue weighted by Gasteiger charge is -2.05. The van der Waals surface area contributed by atoms with Crippen LogP contribution in [0.4, 0.5) is 5.95 Å². The summed E-state index contributed by atoms with van der Waals surface area (Å²) in [6, 6.07) is 10.0. The number of nitrogens with zero attached hydrogens (tertiary/aromatic N) is 2. The second kappa shape index (κ2) is 6.02. The summed E-state index contributed by atoms with van der Waals surface area (Å²) < 4.78 is 1.08. The van der Waals surface area contributed by atoms with Crippen LogP contribution >= 0.6 is 27.7 Å². The van der Waals surface area contributed by atoms with E-state index in [1.54, 1.807) is 18.0 Å². The Morgan fingerprint density at radius 1 is 1.29 bits per heavy atom. The highest BCUT2D eigenvalue weighted by atomic mass is 79.9. The van der Waals surface area contributed by atoms with Crippen LogP contribution in [0.1, 0.15) is 6.92 Å². The Morgan fingerprint density at radius 2 is 2.12 bits per heavy atom. The quantitative estimate of drug-likeness (QED) is 0.871. The van der Waals surface area contributed by atoms with Crippen molar-refractivity contribution in [3.8, 4) is 0 Å². The van der Waals surface area contributed by atoms with Crippen LogP contribution in [0.25, 0.3) is 0 Å². The number of rotatable bonds is 4. The van der Waals surface area contributed by atoms with Crippen molar-refractivity contribution in [3.05, 3.63) is 41.0 Å². The van der Waals surface area contributed by atoms with Gasteiger partial charge in [-0.25, -0.2) is 9.97 Å². The molecule has 0 aliphatic carbocycles. The van der Waals surface area contributed by atoms with Crippen LogP contribution < -0.4 is 5.32 Å². The van der Waals surface area contributed by atoms with Crippen molar-refractivity contribution in [2.75, 3.05) is 11.9 Å². The van der Waals surface area contributed by atoms with Gasteiger partial charge in [-0.1, -0.05) is 23.9 Å². The molecular formula is C12H12BrN3S. The van der Waals surface area contributed by atoms with Crippen LogP contribution in [-0.2, 0) is 0 Å². The largest absolute Gasteiger partial charge is 0.354 e. The molecule has 0 aliphatic rings. The van der Waals surface area contributed by atoms with E-state index in [0.29, 0.717) is 5.95 Å². The first-order chi connectivity index (χ1) is 8.29. The average molecular weight is 310 g/mol. The fourth-order valence-corrected chi connectivity index (χ4v) is 2.61. The van der Waals surface area contributed by atoms with Gasteiger partial charge in [-0.2, -0.15) is 0 Å². The normalized spacial score (nSPS) is 10.2. The third-order valence-corrected chi connectivity index (χ3v) is 3.98. The summed E-state index contributed by atoms with van der Waals surface area (Å²) in [5, 5.41) is 4.03. The molecular weight excluding hydrogens is 298 g/mol. The van der Waals surface area contributed by atoms with Crippen molar-refractivity contribution in [3.63, 3.8) is 0 Å². The molecule has 1 aromatic carbocycles. The summed E-state index contributed by atoms with van der Waals surface area (Å²) in [6.07, 6.45) is 1.77. The molecule has 2 rings (SSSR count). The van der Waals surface area contributed by atoms with E-state index in [0.717, 1.165) is 20.9 Å². The minimum atomic E-state index is 0.671. The van der Waals surface area contributed by atoms with Crippen molar-refractivity contribution < 1.29 is 0 Å². The van der Waals surface area contributed by atoms with Gasteiger partial charge in [0.25, 0.3) is 0 Å². The Kier molecular flexibility index (Phi) is 4.39. The van der Waals surface area contributed by atoms with Gasteiger partial charge in [0, 0.05) is 22.1 Å². The molecule has 0 spiro atoms. The van der Waals surface area contributed by atoms with Crippen LogP contribution in [-0.4, -0.2) is 16.5 Å². The molecule has 0 unspecified atom stereocenters. The van der Waals surface area contributed by atoms with Gasteiger partial charge in [0.15, 0.2) is 0 Å². The second-order valence-corrected chi connectivity index (χ2v) is 5.20. The van der Waals surface area contributed by atoms with Gasteiger partial charge in [-0.05, 0) is 41.1 Å². The van der Waals surface area contributed by atoms with Gasteiger partial charge < -0.3 is 5.32 Å². The van der Waals surface area contributed by atoms with E-state index in [-0.39, 0.29) is 0 Å². The summed E-state index contributed by atoms with van der Waals surface area (Å²) >= 11 is 5.14. The molecule has 2 aromatic rings. The van der Waals surface area contributed by atoms with E-state index in [1.165, 1.54) is 0 Å². The third-order valence-electron chi connectivity index (χ3n) is 2.02. The molecule has 5 heteroatoms. The zero-order chi connectivity index (χ0) is 12.1. The average Bonchev–Trinajstić information content (AvgIpc) is 2.33. The number of halogens is 1. The lowest BCUT2D eigenvalue weighted by molar-refractivity contribution is 1.01. The molecule has 0 aliphatic heterocycles. The van der Waals surface area contributed by atoms with Crippen molar-refractivity contribution in [1.29, 1.82) is 0 Å². The molecule has 0 fully saturated rings. The first-order valence-electron chi connectivity index (χ1n) is 5.29. The number of aromatic nitrogens is 2. The maximum atomic E-state index is 4.42. The topological polar surface area (TPSA) is 37.8 Å². The molecule has 0 saturated carbocycles. The Hall–Kier alpha value is -1.07. The number of hydrogen-bond donors (Lipinski definition) is 1. The van der Waals surface area contributed by atoms with Crippen LogP contribution in [0.3, 0.4) is 0 Å². The zero-order valence-electron chi connectivity index (χ0n) is 9.35. The maximum Gasteiger partial charge on any atom is 0.223 e. The van der Waals surface area contributed by atoms with E-state index in [4.69, 9.17) is 0 Å². The summed E-state index contributed by atoms with van der Waals surface area (Å²) in [5.74, 6) is 0.671. The Labute approximate surface area is 113 Å². The standard InChI is InChI=1S/C12H12BrN3S/c1-2-14-12-15-8-7-11(16-12)17-10-6-4-3-5-9(10)13/h3-8H,2H2,1H3,(H,14,15,16). The van der Waals surface area contributed by atoms with Gasteiger partial charge in [0.2, 0.25) is 5.95 Å². The van der Waals surface area contributed by atoms with Crippen molar-refractivity contribution >= 4 is 33.6 Å². The van der Waals surface area contributed by atoms with E-state index in [1.807, 2.05) is 31.2 Å².